The van der Waals surface area contributed by atoms with Crippen LogP contribution in [0, 0.1) is 0 Å². The minimum absolute atomic E-state index is 0.173. The van der Waals surface area contributed by atoms with Gasteiger partial charge in [-0.3, -0.25) is 4.98 Å². The van der Waals surface area contributed by atoms with Gasteiger partial charge in [-0.15, -0.1) is 0 Å². The van der Waals surface area contributed by atoms with Crippen LogP contribution < -0.4 is 5.46 Å². The molecule has 0 saturated carbocycles. The van der Waals surface area contributed by atoms with Crippen molar-refractivity contribution in [1.82, 2.24) is 9.29 Å². The van der Waals surface area contributed by atoms with Crippen molar-refractivity contribution in [1.29, 1.82) is 0 Å². The van der Waals surface area contributed by atoms with E-state index in [1.807, 2.05) is 27.7 Å². The molecule has 1 aromatic heterocycles. The van der Waals surface area contributed by atoms with Crippen molar-refractivity contribution >= 4 is 22.6 Å². The first-order chi connectivity index (χ1) is 12.8. The van der Waals surface area contributed by atoms with E-state index in [1.54, 1.807) is 0 Å². The maximum Gasteiger partial charge on any atom is 0.496 e. The van der Waals surface area contributed by atoms with Crippen molar-refractivity contribution in [3.05, 3.63) is 18.5 Å². The maximum absolute atomic E-state index is 13.4. The topological polar surface area (TPSA) is 68.7 Å². The molecule has 1 aromatic rings. The highest BCUT2D eigenvalue weighted by atomic mass is 32.2. The van der Waals surface area contributed by atoms with Crippen LogP contribution in [0.4, 0.5) is 13.2 Å². The molecule has 0 bridgehead atoms. The molecule has 11 heteroatoms. The molecule has 3 rings (SSSR count). The number of hydrogen-bond acceptors (Lipinski definition) is 5. The highest BCUT2D eigenvalue weighted by Crippen LogP contribution is 2.37. The summed E-state index contributed by atoms with van der Waals surface area (Å²) in [7, 11) is -5.22. The number of sulfonamides is 1. The Morgan fingerprint density at radius 2 is 1.75 bits per heavy atom. The van der Waals surface area contributed by atoms with Gasteiger partial charge in [0.05, 0.1) is 11.2 Å². The quantitative estimate of drug-likeness (QED) is 0.703. The SMILES string of the molecule is CC1(C)OB(c2cncc(S(=O)(=O)N3CCCCC3C(F)(F)F)c2)OC1(C)C. The Morgan fingerprint density at radius 3 is 2.32 bits per heavy atom. The minimum Gasteiger partial charge on any atom is -0.399 e. The molecule has 0 amide bonds. The van der Waals surface area contributed by atoms with Crippen LogP contribution >= 0.6 is 0 Å². The summed E-state index contributed by atoms with van der Waals surface area (Å²) in [6.45, 7) is 7.23. The predicted molar refractivity (Wildman–Crippen MR) is 97.5 cm³/mol. The first kappa shape index (κ1) is 21.5. The normalized spacial score (nSPS) is 25.8. The molecule has 2 aliphatic rings. The van der Waals surface area contributed by atoms with Gasteiger partial charge >= 0.3 is 13.3 Å². The Labute approximate surface area is 163 Å². The summed E-state index contributed by atoms with van der Waals surface area (Å²) in [5.41, 5.74) is -0.929. The molecule has 2 aliphatic heterocycles. The zero-order chi connectivity index (χ0) is 21.0. The molecule has 2 saturated heterocycles. The van der Waals surface area contributed by atoms with E-state index in [0.717, 1.165) is 6.20 Å². The smallest absolute Gasteiger partial charge is 0.399 e. The van der Waals surface area contributed by atoms with Crippen LogP contribution in [0.25, 0.3) is 0 Å². The van der Waals surface area contributed by atoms with Crippen molar-refractivity contribution in [2.24, 2.45) is 0 Å². The summed E-state index contributed by atoms with van der Waals surface area (Å²) in [6, 6.07) is -0.737. The monoisotopic (exact) mass is 420 g/mol. The fraction of sp³-hybridized carbons (Fsp3) is 0.706. The van der Waals surface area contributed by atoms with Crippen molar-refractivity contribution in [2.75, 3.05) is 6.54 Å². The van der Waals surface area contributed by atoms with Gasteiger partial charge in [-0.1, -0.05) is 6.42 Å². The van der Waals surface area contributed by atoms with Gasteiger partial charge in [-0.05, 0) is 46.6 Å². The number of alkyl halides is 3. The number of hydrogen-bond donors (Lipinski definition) is 0. The summed E-state index contributed by atoms with van der Waals surface area (Å²) in [5.74, 6) is 0. The molecule has 0 radical (unpaired) electrons. The number of halogens is 3. The second-order valence-corrected chi connectivity index (χ2v) is 10.1. The molecule has 0 N–H and O–H groups in total. The van der Waals surface area contributed by atoms with Gasteiger partial charge in [-0.2, -0.15) is 17.5 Å². The molecule has 0 aromatic carbocycles. The van der Waals surface area contributed by atoms with Gasteiger partial charge < -0.3 is 9.31 Å². The number of rotatable bonds is 3. The lowest BCUT2D eigenvalue weighted by Gasteiger charge is -2.35. The van der Waals surface area contributed by atoms with Gasteiger partial charge in [0.2, 0.25) is 10.0 Å². The number of nitrogens with zero attached hydrogens (tertiary/aromatic N) is 2. The molecule has 0 spiro atoms. The van der Waals surface area contributed by atoms with Gasteiger partial charge in [0.15, 0.2) is 0 Å². The first-order valence-electron chi connectivity index (χ1n) is 9.15. The third-order valence-corrected chi connectivity index (χ3v) is 7.57. The molecular formula is C17H24BF3N2O4S. The predicted octanol–water partition coefficient (Wildman–Crippen LogP) is 2.49. The average molecular weight is 420 g/mol. The molecular weight excluding hydrogens is 396 g/mol. The van der Waals surface area contributed by atoms with E-state index >= 15 is 0 Å². The van der Waals surface area contributed by atoms with Gasteiger partial charge in [0.1, 0.15) is 10.9 Å². The molecule has 1 unspecified atom stereocenters. The van der Waals surface area contributed by atoms with Crippen molar-refractivity contribution in [3.8, 4) is 0 Å². The Hall–Kier alpha value is -1.17. The van der Waals surface area contributed by atoms with Crippen LogP contribution in [0.15, 0.2) is 23.4 Å². The van der Waals surface area contributed by atoms with E-state index in [2.05, 4.69) is 4.98 Å². The summed E-state index contributed by atoms with van der Waals surface area (Å²) in [6.07, 6.45) is -1.68. The van der Waals surface area contributed by atoms with Crippen LogP contribution in [0.1, 0.15) is 47.0 Å². The van der Waals surface area contributed by atoms with Crippen LogP contribution in [0.3, 0.4) is 0 Å². The minimum atomic E-state index is -4.62. The van der Waals surface area contributed by atoms with Crippen molar-refractivity contribution in [3.63, 3.8) is 0 Å². The molecule has 1 atom stereocenters. The Morgan fingerprint density at radius 1 is 1.14 bits per heavy atom. The molecule has 156 valence electrons. The number of piperidine rings is 1. The highest BCUT2D eigenvalue weighted by Gasteiger charge is 2.52. The average Bonchev–Trinajstić information content (AvgIpc) is 2.82. The summed E-state index contributed by atoms with van der Waals surface area (Å²) in [4.78, 5) is 3.63. The van der Waals surface area contributed by atoms with E-state index in [-0.39, 0.29) is 17.9 Å². The zero-order valence-electron chi connectivity index (χ0n) is 16.3. The summed E-state index contributed by atoms with van der Waals surface area (Å²) >= 11 is 0. The summed E-state index contributed by atoms with van der Waals surface area (Å²) in [5, 5.41) is 0. The van der Waals surface area contributed by atoms with Crippen LogP contribution in [-0.4, -0.2) is 54.8 Å². The second-order valence-electron chi connectivity index (χ2n) is 8.21. The number of aromatic nitrogens is 1. The van der Waals surface area contributed by atoms with Crippen LogP contribution in [0.2, 0.25) is 0 Å². The van der Waals surface area contributed by atoms with Gasteiger partial charge in [-0.25, -0.2) is 8.42 Å². The third-order valence-electron chi connectivity index (χ3n) is 5.70. The second kappa shape index (κ2) is 6.96. The Balaban J connectivity index is 1.93. The van der Waals surface area contributed by atoms with Gasteiger partial charge in [0.25, 0.3) is 0 Å². The van der Waals surface area contributed by atoms with E-state index in [1.165, 1.54) is 12.3 Å². The highest BCUT2D eigenvalue weighted by molar-refractivity contribution is 7.89. The third kappa shape index (κ3) is 3.81. The van der Waals surface area contributed by atoms with E-state index in [0.29, 0.717) is 22.6 Å². The fourth-order valence-electron chi connectivity index (χ4n) is 3.34. The largest absolute Gasteiger partial charge is 0.496 e. The molecule has 28 heavy (non-hydrogen) atoms. The first-order valence-corrected chi connectivity index (χ1v) is 10.6. The van der Waals surface area contributed by atoms with Crippen molar-refractivity contribution in [2.45, 2.75) is 75.3 Å². The Kier molecular flexibility index (Phi) is 5.36. The fourth-order valence-corrected chi connectivity index (χ4v) is 5.02. The zero-order valence-corrected chi connectivity index (χ0v) is 17.1. The van der Waals surface area contributed by atoms with Crippen molar-refractivity contribution < 1.29 is 30.9 Å². The van der Waals surface area contributed by atoms with Crippen LogP contribution in [-0.2, 0) is 19.3 Å². The van der Waals surface area contributed by atoms with E-state index in [4.69, 9.17) is 9.31 Å². The lowest BCUT2D eigenvalue weighted by molar-refractivity contribution is -0.177. The lowest BCUT2D eigenvalue weighted by atomic mass is 9.80. The van der Waals surface area contributed by atoms with E-state index in [9.17, 15) is 21.6 Å². The van der Waals surface area contributed by atoms with Crippen LogP contribution in [0.5, 0.6) is 0 Å². The number of pyridine rings is 1. The molecule has 2 fully saturated rings. The summed E-state index contributed by atoms with van der Waals surface area (Å²) < 4.78 is 78.4. The van der Waals surface area contributed by atoms with E-state index < -0.39 is 40.6 Å². The van der Waals surface area contributed by atoms with Gasteiger partial charge in [0, 0.05) is 24.4 Å². The molecule has 3 heterocycles. The molecule has 6 nitrogen and oxygen atoms in total. The lowest BCUT2D eigenvalue weighted by Crippen LogP contribution is -2.51. The Bertz CT molecular complexity index is 829. The molecule has 0 aliphatic carbocycles. The standard InChI is InChI=1S/C17H24BF3N2O4S/c1-15(2)16(3,4)27-18(26-15)12-9-13(11-22-10-12)28(24,25)23-8-6-5-7-14(23)17(19,20)21/h9-11,14H,5-8H2,1-4H3. The maximum atomic E-state index is 13.4.